The molecule has 42 heavy (non-hydrogen) atoms. The van der Waals surface area contributed by atoms with Gasteiger partial charge >= 0.3 is 6.03 Å². The number of imide groups is 2. The lowest BCUT2D eigenvalue weighted by atomic mass is 10.1. The van der Waals surface area contributed by atoms with E-state index >= 15 is 0 Å². The number of urea groups is 1. The predicted molar refractivity (Wildman–Crippen MR) is 163 cm³/mol. The van der Waals surface area contributed by atoms with Gasteiger partial charge in [-0.05, 0) is 71.8 Å². The lowest BCUT2D eigenvalue weighted by Crippen LogP contribution is -2.54. The molecule has 0 spiro atoms. The van der Waals surface area contributed by atoms with Crippen molar-refractivity contribution in [2.75, 3.05) is 4.90 Å². The minimum atomic E-state index is -0.865. The van der Waals surface area contributed by atoms with E-state index in [9.17, 15) is 14.4 Å². The summed E-state index contributed by atoms with van der Waals surface area (Å²) < 4.78 is 11.6. The summed E-state index contributed by atoms with van der Waals surface area (Å²) in [4.78, 5) is 39.4. The van der Waals surface area contributed by atoms with Crippen LogP contribution in [-0.4, -0.2) is 17.8 Å². The zero-order chi connectivity index (χ0) is 29.8. The Balaban J connectivity index is 1.29. The minimum Gasteiger partial charge on any atom is -0.489 e. The molecule has 0 bridgehead atoms. The van der Waals surface area contributed by atoms with Crippen molar-refractivity contribution < 1.29 is 23.9 Å². The highest BCUT2D eigenvalue weighted by Gasteiger charge is 2.36. The summed E-state index contributed by atoms with van der Waals surface area (Å²) in [6.45, 7) is 0.435. The van der Waals surface area contributed by atoms with Crippen molar-refractivity contribution in [1.29, 1.82) is 0 Å². The zero-order valence-electron chi connectivity index (χ0n) is 21.6. The molecule has 4 amide bonds. The van der Waals surface area contributed by atoms with E-state index in [2.05, 4.69) is 5.32 Å². The van der Waals surface area contributed by atoms with Crippen molar-refractivity contribution in [3.05, 3.63) is 127 Å². The topological polar surface area (TPSA) is 84.9 Å². The molecule has 1 aliphatic rings. The zero-order valence-corrected chi connectivity index (χ0v) is 24.6. The molecule has 1 saturated heterocycles. The minimum absolute atomic E-state index is 0.193. The summed E-state index contributed by atoms with van der Waals surface area (Å²) >= 11 is 24.6. The Morgan fingerprint density at radius 3 is 2.19 bits per heavy atom. The Hall–Kier alpha value is -4.01. The highest BCUT2D eigenvalue weighted by atomic mass is 35.5. The van der Waals surface area contributed by atoms with Crippen LogP contribution in [-0.2, 0) is 22.8 Å². The van der Waals surface area contributed by atoms with E-state index in [1.165, 1.54) is 6.08 Å². The second-order valence-electron chi connectivity index (χ2n) is 9.06. The molecule has 0 aromatic heterocycles. The summed E-state index contributed by atoms with van der Waals surface area (Å²) in [5.41, 5.74) is 2.08. The van der Waals surface area contributed by atoms with E-state index in [0.29, 0.717) is 32.1 Å². The quantitative estimate of drug-likeness (QED) is 0.155. The Bertz CT molecular complexity index is 1720. The molecular weight excluding hydrogens is 622 g/mol. The Morgan fingerprint density at radius 2 is 1.48 bits per heavy atom. The molecule has 7 nitrogen and oxygen atoms in total. The van der Waals surface area contributed by atoms with Crippen molar-refractivity contribution in [2.45, 2.75) is 13.2 Å². The van der Waals surface area contributed by atoms with Crippen LogP contribution in [0, 0.1) is 0 Å². The third-order valence-corrected chi connectivity index (χ3v) is 7.60. The van der Waals surface area contributed by atoms with Gasteiger partial charge in [0.25, 0.3) is 11.8 Å². The van der Waals surface area contributed by atoms with Gasteiger partial charge in [0.15, 0.2) is 0 Å². The summed E-state index contributed by atoms with van der Waals surface area (Å²) in [6.07, 6.45) is 1.35. The van der Waals surface area contributed by atoms with Gasteiger partial charge in [-0.3, -0.25) is 14.9 Å². The van der Waals surface area contributed by atoms with Gasteiger partial charge in [-0.2, -0.15) is 0 Å². The number of barbiturate groups is 1. The van der Waals surface area contributed by atoms with Gasteiger partial charge in [-0.25, -0.2) is 9.69 Å². The van der Waals surface area contributed by atoms with Crippen LogP contribution in [0.25, 0.3) is 6.08 Å². The van der Waals surface area contributed by atoms with Gasteiger partial charge in [0.05, 0.1) is 20.8 Å². The maximum Gasteiger partial charge on any atom is 0.335 e. The van der Waals surface area contributed by atoms with E-state index in [1.807, 2.05) is 18.2 Å². The van der Waals surface area contributed by atoms with E-state index in [0.717, 1.165) is 16.0 Å². The Kier molecular flexibility index (Phi) is 9.04. The van der Waals surface area contributed by atoms with Gasteiger partial charge in [-0.15, -0.1) is 0 Å². The van der Waals surface area contributed by atoms with Crippen LogP contribution in [0.15, 0.2) is 90.5 Å². The molecular formula is C31H20Cl4N2O5. The van der Waals surface area contributed by atoms with Gasteiger partial charge in [0.1, 0.15) is 30.3 Å². The molecule has 0 aliphatic carbocycles. The number of anilines is 1. The molecule has 1 fully saturated rings. The number of amides is 4. The number of ether oxygens (including phenoxy) is 2. The van der Waals surface area contributed by atoms with Crippen LogP contribution >= 0.6 is 46.4 Å². The third-order valence-electron chi connectivity index (χ3n) is 6.19. The first-order chi connectivity index (χ1) is 20.2. The molecule has 1 N–H and O–H groups in total. The highest BCUT2D eigenvalue weighted by Crippen LogP contribution is 2.30. The number of nitrogens with zero attached hydrogens (tertiary/aromatic N) is 1. The largest absolute Gasteiger partial charge is 0.489 e. The first-order valence-corrected chi connectivity index (χ1v) is 13.9. The molecule has 1 aliphatic heterocycles. The molecule has 0 saturated carbocycles. The normalized spacial score (nSPS) is 14.2. The second kappa shape index (κ2) is 12.9. The van der Waals surface area contributed by atoms with Crippen molar-refractivity contribution in [3.63, 3.8) is 0 Å². The molecule has 5 rings (SSSR count). The highest BCUT2D eigenvalue weighted by molar-refractivity contribution is 6.42. The fourth-order valence-corrected chi connectivity index (χ4v) is 4.80. The molecule has 4 aromatic rings. The molecule has 0 radical (unpaired) electrons. The Morgan fingerprint density at radius 1 is 0.714 bits per heavy atom. The average molecular weight is 642 g/mol. The van der Waals surface area contributed by atoms with E-state index < -0.39 is 17.8 Å². The number of halogens is 4. The van der Waals surface area contributed by atoms with Crippen LogP contribution in [0.4, 0.5) is 10.5 Å². The van der Waals surface area contributed by atoms with Crippen LogP contribution in [0.5, 0.6) is 11.5 Å². The van der Waals surface area contributed by atoms with Crippen LogP contribution < -0.4 is 19.7 Å². The molecule has 212 valence electrons. The van der Waals surface area contributed by atoms with Gasteiger partial charge in [0.2, 0.25) is 0 Å². The third kappa shape index (κ3) is 6.72. The Labute approximate surface area is 261 Å². The standard InChI is InChI=1S/C31H20Cl4N2O5/c32-24-4-2-1-3-20(24)17-41-22-9-7-21(8-10-22)37-30(39)23(29(38)36-31(37)40)13-18-6-12-28(27(35)14-18)42-16-19-5-11-25(33)26(34)15-19/h1-15H,16-17H2,(H,36,38,40)/b23-13+. The van der Waals surface area contributed by atoms with E-state index in [-0.39, 0.29) is 29.5 Å². The first-order valence-electron chi connectivity index (χ1n) is 12.4. The lowest BCUT2D eigenvalue weighted by Gasteiger charge is -2.26. The first kappa shape index (κ1) is 29.5. The van der Waals surface area contributed by atoms with Crippen molar-refractivity contribution in [1.82, 2.24) is 5.32 Å². The number of hydrogen-bond donors (Lipinski definition) is 1. The van der Waals surface area contributed by atoms with Crippen molar-refractivity contribution >= 4 is 76.0 Å². The summed E-state index contributed by atoms with van der Waals surface area (Å²) in [6, 6.07) is 22.7. The average Bonchev–Trinajstić information content (AvgIpc) is 2.97. The van der Waals surface area contributed by atoms with Crippen LogP contribution in [0.3, 0.4) is 0 Å². The number of rotatable bonds is 8. The summed E-state index contributed by atoms with van der Waals surface area (Å²) in [5.74, 6) is -0.717. The van der Waals surface area contributed by atoms with Gasteiger partial charge in [0, 0.05) is 10.6 Å². The fraction of sp³-hybridized carbons (Fsp3) is 0.0645. The van der Waals surface area contributed by atoms with Crippen LogP contribution in [0.2, 0.25) is 20.1 Å². The monoisotopic (exact) mass is 640 g/mol. The number of carbonyl (C=O) groups excluding carboxylic acids is 3. The van der Waals surface area contributed by atoms with E-state index in [1.54, 1.807) is 66.7 Å². The van der Waals surface area contributed by atoms with Crippen molar-refractivity contribution in [2.24, 2.45) is 0 Å². The molecule has 11 heteroatoms. The number of benzene rings is 4. The SMILES string of the molecule is O=C1NC(=O)N(c2ccc(OCc3ccccc3Cl)cc2)C(=O)/C1=C/c1ccc(OCc2ccc(Cl)c(Cl)c2)c(Cl)c1. The smallest absolute Gasteiger partial charge is 0.335 e. The maximum absolute atomic E-state index is 13.3. The lowest BCUT2D eigenvalue weighted by molar-refractivity contribution is -0.122. The number of hydrogen-bond acceptors (Lipinski definition) is 5. The summed E-state index contributed by atoms with van der Waals surface area (Å²) in [7, 11) is 0. The summed E-state index contributed by atoms with van der Waals surface area (Å²) in [5, 5.41) is 3.89. The van der Waals surface area contributed by atoms with Crippen molar-refractivity contribution in [3.8, 4) is 11.5 Å². The predicted octanol–water partition coefficient (Wildman–Crippen LogP) is 8.12. The molecule has 0 unspecified atom stereocenters. The van der Waals surface area contributed by atoms with E-state index in [4.69, 9.17) is 55.9 Å². The number of carbonyl (C=O) groups is 3. The van der Waals surface area contributed by atoms with Crippen LogP contribution in [0.1, 0.15) is 16.7 Å². The molecule has 1 heterocycles. The molecule has 4 aromatic carbocycles. The fourth-order valence-electron chi connectivity index (χ4n) is 4.04. The van der Waals surface area contributed by atoms with Gasteiger partial charge in [-0.1, -0.05) is 76.7 Å². The molecule has 0 atom stereocenters. The second-order valence-corrected chi connectivity index (χ2v) is 10.7. The van der Waals surface area contributed by atoms with Gasteiger partial charge < -0.3 is 9.47 Å². The maximum atomic E-state index is 13.3. The number of nitrogens with one attached hydrogen (secondary N) is 1.